The van der Waals surface area contributed by atoms with Gasteiger partial charge in [-0.05, 0) is 24.3 Å². The molecule has 0 radical (unpaired) electrons. The molecule has 0 aliphatic rings. The van der Waals surface area contributed by atoms with E-state index in [1.807, 2.05) is 60.7 Å². The standard InChI is InChI=1S/C12H10N2.C8H18/c1-3-7-11(8-4-1)13-14-12-9-5-2-6-10-12;1-3-5-7-8-6-4-2/h1-10H;3-8H2,1-2H3/b14-13+;. The topological polar surface area (TPSA) is 24.7 Å². The molecule has 0 atom stereocenters. The Bertz CT molecular complexity index is 444. The molecule has 2 nitrogen and oxygen atoms in total. The Hall–Kier alpha value is -1.96. The van der Waals surface area contributed by atoms with Crippen molar-refractivity contribution in [3.8, 4) is 0 Å². The third-order valence-corrected chi connectivity index (χ3v) is 3.25. The Morgan fingerprint density at radius 2 is 0.909 bits per heavy atom. The van der Waals surface area contributed by atoms with E-state index in [1.165, 1.54) is 38.5 Å². The first-order valence-corrected chi connectivity index (χ1v) is 8.38. The molecule has 0 aliphatic carbocycles. The molecule has 2 aromatic carbocycles. The highest BCUT2D eigenvalue weighted by Gasteiger charge is 1.86. The minimum Gasteiger partial charge on any atom is -0.151 e. The summed E-state index contributed by atoms with van der Waals surface area (Å²) in [6.45, 7) is 4.51. The number of benzene rings is 2. The SMILES string of the molecule is CCCCCCCC.c1ccc(/N=N/c2ccccc2)cc1. The van der Waals surface area contributed by atoms with Crippen LogP contribution in [0.4, 0.5) is 11.4 Å². The smallest absolute Gasteiger partial charge is 0.0857 e. The fourth-order valence-corrected chi connectivity index (χ4v) is 1.96. The van der Waals surface area contributed by atoms with Crippen LogP contribution in [0.3, 0.4) is 0 Å². The van der Waals surface area contributed by atoms with Gasteiger partial charge in [0.25, 0.3) is 0 Å². The van der Waals surface area contributed by atoms with E-state index in [0.29, 0.717) is 0 Å². The second-order valence-corrected chi connectivity index (χ2v) is 5.29. The van der Waals surface area contributed by atoms with Crippen LogP contribution in [0, 0.1) is 0 Å². The minimum absolute atomic E-state index is 0.872. The highest BCUT2D eigenvalue weighted by atomic mass is 15.1. The average molecular weight is 296 g/mol. The first-order valence-electron chi connectivity index (χ1n) is 8.38. The molecule has 0 amide bonds. The van der Waals surface area contributed by atoms with Crippen molar-refractivity contribution in [2.75, 3.05) is 0 Å². The molecular weight excluding hydrogens is 268 g/mol. The van der Waals surface area contributed by atoms with Gasteiger partial charge in [-0.1, -0.05) is 88.8 Å². The highest BCUT2D eigenvalue weighted by molar-refractivity contribution is 5.39. The maximum absolute atomic E-state index is 4.10. The molecule has 2 aromatic rings. The summed E-state index contributed by atoms with van der Waals surface area (Å²) in [5, 5.41) is 8.20. The van der Waals surface area contributed by atoms with E-state index in [2.05, 4.69) is 24.1 Å². The van der Waals surface area contributed by atoms with Gasteiger partial charge in [-0.2, -0.15) is 10.2 Å². The molecule has 0 saturated heterocycles. The summed E-state index contributed by atoms with van der Waals surface area (Å²) < 4.78 is 0. The molecule has 0 saturated carbocycles. The maximum atomic E-state index is 4.10. The van der Waals surface area contributed by atoms with Crippen LogP contribution < -0.4 is 0 Å². The first-order chi connectivity index (χ1) is 10.9. The van der Waals surface area contributed by atoms with E-state index < -0.39 is 0 Å². The van der Waals surface area contributed by atoms with Crippen molar-refractivity contribution in [1.82, 2.24) is 0 Å². The van der Waals surface area contributed by atoms with Gasteiger partial charge in [-0.3, -0.25) is 0 Å². The van der Waals surface area contributed by atoms with Crippen molar-refractivity contribution in [3.63, 3.8) is 0 Å². The summed E-state index contributed by atoms with van der Waals surface area (Å²) in [6, 6.07) is 19.4. The highest BCUT2D eigenvalue weighted by Crippen LogP contribution is 2.16. The summed E-state index contributed by atoms with van der Waals surface area (Å²) in [4.78, 5) is 0. The van der Waals surface area contributed by atoms with Crippen LogP contribution in [0.5, 0.6) is 0 Å². The normalized spacial score (nSPS) is 10.3. The number of hydrogen-bond acceptors (Lipinski definition) is 2. The lowest BCUT2D eigenvalue weighted by Crippen LogP contribution is -1.73. The van der Waals surface area contributed by atoms with Gasteiger partial charge in [0.15, 0.2) is 0 Å². The fraction of sp³-hybridized carbons (Fsp3) is 0.400. The number of nitrogens with zero attached hydrogens (tertiary/aromatic N) is 2. The van der Waals surface area contributed by atoms with Crippen molar-refractivity contribution in [2.24, 2.45) is 10.2 Å². The second kappa shape index (κ2) is 12.8. The van der Waals surface area contributed by atoms with Gasteiger partial charge >= 0.3 is 0 Å². The molecule has 0 N–H and O–H groups in total. The van der Waals surface area contributed by atoms with Gasteiger partial charge in [-0.25, -0.2) is 0 Å². The molecule has 118 valence electrons. The van der Waals surface area contributed by atoms with Crippen molar-refractivity contribution < 1.29 is 0 Å². The Labute approximate surface area is 135 Å². The van der Waals surface area contributed by atoms with Crippen LogP contribution in [0.2, 0.25) is 0 Å². The molecule has 0 unspecified atom stereocenters. The lowest BCUT2D eigenvalue weighted by molar-refractivity contribution is 0.624. The Morgan fingerprint density at radius 3 is 1.23 bits per heavy atom. The van der Waals surface area contributed by atoms with Gasteiger partial charge in [0.2, 0.25) is 0 Å². The van der Waals surface area contributed by atoms with Gasteiger partial charge in [-0.15, -0.1) is 0 Å². The zero-order valence-electron chi connectivity index (χ0n) is 13.9. The molecule has 0 aromatic heterocycles. The summed E-state index contributed by atoms with van der Waals surface area (Å²) in [6.07, 6.45) is 8.49. The van der Waals surface area contributed by atoms with Gasteiger partial charge in [0.05, 0.1) is 11.4 Å². The molecule has 22 heavy (non-hydrogen) atoms. The molecule has 0 bridgehead atoms. The lowest BCUT2D eigenvalue weighted by atomic mass is 10.1. The number of rotatable bonds is 7. The summed E-state index contributed by atoms with van der Waals surface area (Å²) in [5.41, 5.74) is 1.74. The quantitative estimate of drug-likeness (QED) is 0.374. The zero-order chi connectivity index (χ0) is 15.9. The Kier molecular flexibility index (Phi) is 10.5. The number of azo groups is 1. The lowest BCUT2D eigenvalue weighted by Gasteiger charge is -1.93. The maximum Gasteiger partial charge on any atom is 0.0857 e. The number of unbranched alkanes of at least 4 members (excludes halogenated alkanes) is 5. The monoisotopic (exact) mass is 296 g/mol. The van der Waals surface area contributed by atoms with Crippen molar-refractivity contribution in [1.29, 1.82) is 0 Å². The predicted octanol–water partition coefficient (Wildman–Crippen LogP) is 7.47. The van der Waals surface area contributed by atoms with Crippen molar-refractivity contribution >= 4 is 11.4 Å². The number of hydrogen-bond donors (Lipinski definition) is 0. The predicted molar refractivity (Wildman–Crippen MR) is 96.1 cm³/mol. The first kappa shape index (κ1) is 18.1. The zero-order valence-corrected chi connectivity index (χ0v) is 13.9. The Morgan fingerprint density at radius 1 is 0.545 bits per heavy atom. The summed E-state index contributed by atoms with van der Waals surface area (Å²) >= 11 is 0. The van der Waals surface area contributed by atoms with E-state index in [1.54, 1.807) is 0 Å². The van der Waals surface area contributed by atoms with Crippen LogP contribution in [0.1, 0.15) is 52.4 Å². The van der Waals surface area contributed by atoms with E-state index in [9.17, 15) is 0 Å². The fourth-order valence-electron chi connectivity index (χ4n) is 1.96. The molecule has 0 heterocycles. The minimum atomic E-state index is 0.872. The van der Waals surface area contributed by atoms with Crippen LogP contribution in [-0.4, -0.2) is 0 Å². The van der Waals surface area contributed by atoms with Gasteiger partial charge in [0.1, 0.15) is 0 Å². The van der Waals surface area contributed by atoms with Gasteiger partial charge in [0, 0.05) is 0 Å². The van der Waals surface area contributed by atoms with Crippen molar-refractivity contribution in [3.05, 3.63) is 60.7 Å². The molecule has 2 heteroatoms. The van der Waals surface area contributed by atoms with E-state index >= 15 is 0 Å². The van der Waals surface area contributed by atoms with E-state index in [0.717, 1.165) is 11.4 Å². The van der Waals surface area contributed by atoms with Crippen molar-refractivity contribution in [2.45, 2.75) is 52.4 Å². The molecule has 2 rings (SSSR count). The second-order valence-electron chi connectivity index (χ2n) is 5.29. The molecule has 0 fully saturated rings. The van der Waals surface area contributed by atoms with Crippen LogP contribution in [-0.2, 0) is 0 Å². The third-order valence-electron chi connectivity index (χ3n) is 3.25. The summed E-state index contributed by atoms with van der Waals surface area (Å²) in [7, 11) is 0. The molecule has 0 spiro atoms. The average Bonchev–Trinajstić information content (AvgIpc) is 2.59. The summed E-state index contributed by atoms with van der Waals surface area (Å²) in [5.74, 6) is 0. The van der Waals surface area contributed by atoms with Crippen LogP contribution >= 0.6 is 0 Å². The van der Waals surface area contributed by atoms with E-state index in [4.69, 9.17) is 0 Å². The van der Waals surface area contributed by atoms with E-state index in [-0.39, 0.29) is 0 Å². The Balaban J connectivity index is 0.000000261. The third kappa shape index (κ3) is 9.06. The van der Waals surface area contributed by atoms with Crippen LogP contribution in [0.25, 0.3) is 0 Å². The van der Waals surface area contributed by atoms with Gasteiger partial charge < -0.3 is 0 Å². The largest absolute Gasteiger partial charge is 0.151 e. The molecule has 0 aliphatic heterocycles. The molecular formula is C20H28N2. The van der Waals surface area contributed by atoms with Crippen LogP contribution in [0.15, 0.2) is 70.9 Å².